The summed E-state index contributed by atoms with van der Waals surface area (Å²) in [5.74, 6) is -0.920. The van der Waals surface area contributed by atoms with E-state index >= 15 is 0 Å². The van der Waals surface area contributed by atoms with Gasteiger partial charge in [-0.3, -0.25) is 20.4 Å². The number of hydrazine groups is 1. The van der Waals surface area contributed by atoms with Crippen LogP contribution in [0.25, 0.3) is 0 Å². The average molecular weight is 358 g/mol. The maximum absolute atomic E-state index is 12.8. The van der Waals surface area contributed by atoms with Crippen LogP contribution in [0.3, 0.4) is 0 Å². The third-order valence-electron chi connectivity index (χ3n) is 3.81. The molecule has 0 spiro atoms. The van der Waals surface area contributed by atoms with Crippen LogP contribution in [0.15, 0.2) is 48.5 Å². The molecule has 0 aliphatic carbocycles. The summed E-state index contributed by atoms with van der Waals surface area (Å²) in [6, 6.07) is 12.5. The van der Waals surface area contributed by atoms with Crippen molar-refractivity contribution in [3.63, 3.8) is 0 Å². The molecule has 0 saturated heterocycles. The summed E-state index contributed by atoms with van der Waals surface area (Å²) in [4.78, 5) is 23.9. The van der Waals surface area contributed by atoms with E-state index in [1.165, 1.54) is 24.3 Å². The minimum atomic E-state index is -0.802. The summed E-state index contributed by atoms with van der Waals surface area (Å²) in [5, 5.41) is 0. The first-order valence-corrected chi connectivity index (χ1v) is 8.30. The number of rotatable bonds is 4. The van der Waals surface area contributed by atoms with Gasteiger partial charge in [0.2, 0.25) is 0 Å². The molecule has 2 rings (SSSR count). The number of carbonyl (C=O) groups is 2. The van der Waals surface area contributed by atoms with E-state index < -0.39 is 23.7 Å². The number of hydrogen-bond acceptors (Lipinski definition) is 3. The maximum Gasteiger partial charge on any atom is 0.279 e. The van der Waals surface area contributed by atoms with E-state index in [4.69, 9.17) is 4.74 Å². The summed E-state index contributed by atoms with van der Waals surface area (Å²) in [7, 11) is 0. The highest BCUT2D eigenvalue weighted by atomic mass is 19.1. The van der Waals surface area contributed by atoms with Crippen molar-refractivity contribution in [1.29, 1.82) is 0 Å². The monoisotopic (exact) mass is 358 g/mol. The Morgan fingerprint density at radius 3 is 2.08 bits per heavy atom. The lowest BCUT2D eigenvalue weighted by molar-refractivity contribution is -0.128. The first kappa shape index (κ1) is 19.4. The van der Waals surface area contributed by atoms with Crippen LogP contribution in [0.2, 0.25) is 0 Å². The molecule has 5 nitrogen and oxygen atoms in total. The molecule has 0 radical (unpaired) electrons. The molecule has 2 aromatic rings. The molecule has 0 saturated carbocycles. The topological polar surface area (TPSA) is 67.4 Å². The Bertz CT molecular complexity index is 765. The van der Waals surface area contributed by atoms with Crippen LogP contribution < -0.4 is 15.6 Å². The average Bonchev–Trinajstić information content (AvgIpc) is 2.59. The maximum atomic E-state index is 12.8. The van der Waals surface area contributed by atoms with Crippen molar-refractivity contribution in [1.82, 2.24) is 10.9 Å². The van der Waals surface area contributed by atoms with Crippen LogP contribution in [0.4, 0.5) is 4.39 Å². The second-order valence-electron chi connectivity index (χ2n) is 6.98. The van der Waals surface area contributed by atoms with Crippen LogP contribution in [-0.2, 0) is 10.2 Å². The van der Waals surface area contributed by atoms with Gasteiger partial charge in [-0.15, -0.1) is 0 Å². The second kappa shape index (κ2) is 7.99. The molecule has 138 valence electrons. The SMILES string of the molecule is C[C@H](Oc1ccc(C(C)(C)C)cc1)C(=O)NNC(=O)c1ccc(F)cc1. The number of amides is 2. The lowest BCUT2D eigenvalue weighted by atomic mass is 9.87. The van der Waals surface area contributed by atoms with Crippen LogP contribution in [-0.4, -0.2) is 17.9 Å². The molecule has 0 unspecified atom stereocenters. The van der Waals surface area contributed by atoms with Gasteiger partial charge in [0.05, 0.1) is 0 Å². The molecule has 0 heterocycles. The Morgan fingerprint density at radius 2 is 1.54 bits per heavy atom. The number of carbonyl (C=O) groups excluding carboxylic acids is 2. The number of ether oxygens (including phenoxy) is 1. The summed E-state index contributed by atoms with van der Waals surface area (Å²) < 4.78 is 18.4. The van der Waals surface area contributed by atoms with Gasteiger partial charge in [-0.1, -0.05) is 32.9 Å². The molecule has 1 atom stereocenters. The Balaban J connectivity index is 1.87. The van der Waals surface area contributed by atoms with E-state index in [-0.39, 0.29) is 11.0 Å². The van der Waals surface area contributed by atoms with Crippen molar-refractivity contribution in [2.75, 3.05) is 0 Å². The first-order chi connectivity index (χ1) is 12.2. The van der Waals surface area contributed by atoms with Gasteiger partial charge in [0.15, 0.2) is 6.10 Å². The van der Waals surface area contributed by atoms with E-state index in [0.717, 1.165) is 5.56 Å². The third-order valence-corrected chi connectivity index (χ3v) is 3.81. The predicted molar refractivity (Wildman–Crippen MR) is 97.2 cm³/mol. The highest BCUT2D eigenvalue weighted by molar-refractivity contribution is 5.95. The lowest BCUT2D eigenvalue weighted by Gasteiger charge is -2.20. The fourth-order valence-corrected chi connectivity index (χ4v) is 2.18. The minimum absolute atomic E-state index is 0.0339. The van der Waals surface area contributed by atoms with Crippen molar-refractivity contribution < 1.29 is 18.7 Å². The molecule has 2 aromatic carbocycles. The predicted octanol–water partition coefficient (Wildman–Crippen LogP) is 3.35. The van der Waals surface area contributed by atoms with Crippen LogP contribution >= 0.6 is 0 Å². The molecular weight excluding hydrogens is 335 g/mol. The van der Waals surface area contributed by atoms with E-state index in [0.29, 0.717) is 5.75 Å². The number of nitrogens with one attached hydrogen (secondary N) is 2. The van der Waals surface area contributed by atoms with Crippen LogP contribution in [0.1, 0.15) is 43.6 Å². The molecular formula is C20H23FN2O3. The van der Waals surface area contributed by atoms with Gasteiger partial charge in [0.25, 0.3) is 11.8 Å². The second-order valence-corrected chi connectivity index (χ2v) is 6.98. The molecule has 0 fully saturated rings. The van der Waals surface area contributed by atoms with Crippen molar-refractivity contribution in [3.8, 4) is 5.75 Å². The molecule has 0 bridgehead atoms. The van der Waals surface area contributed by atoms with Gasteiger partial charge in [-0.05, 0) is 54.3 Å². The zero-order valence-corrected chi connectivity index (χ0v) is 15.3. The van der Waals surface area contributed by atoms with E-state index in [2.05, 4.69) is 31.6 Å². The summed E-state index contributed by atoms with van der Waals surface area (Å²) in [6.45, 7) is 7.92. The lowest BCUT2D eigenvalue weighted by Crippen LogP contribution is -2.47. The quantitative estimate of drug-likeness (QED) is 0.824. The third kappa shape index (κ3) is 5.31. The summed E-state index contributed by atoms with van der Waals surface area (Å²) >= 11 is 0. The van der Waals surface area contributed by atoms with E-state index in [9.17, 15) is 14.0 Å². The van der Waals surface area contributed by atoms with Gasteiger partial charge in [0.1, 0.15) is 11.6 Å². The zero-order chi connectivity index (χ0) is 19.3. The zero-order valence-electron chi connectivity index (χ0n) is 15.3. The molecule has 0 aliphatic rings. The Morgan fingerprint density at radius 1 is 0.962 bits per heavy atom. The Kier molecular flexibility index (Phi) is 5.97. The molecule has 26 heavy (non-hydrogen) atoms. The van der Waals surface area contributed by atoms with Crippen molar-refractivity contribution in [3.05, 3.63) is 65.5 Å². The van der Waals surface area contributed by atoms with Gasteiger partial charge in [0, 0.05) is 5.56 Å². The number of halogens is 1. The fraction of sp³-hybridized carbons (Fsp3) is 0.300. The van der Waals surface area contributed by atoms with Crippen molar-refractivity contribution in [2.45, 2.75) is 39.2 Å². The number of hydrogen-bond donors (Lipinski definition) is 2. The van der Waals surface area contributed by atoms with Crippen molar-refractivity contribution in [2.24, 2.45) is 0 Å². The molecule has 0 aromatic heterocycles. The van der Waals surface area contributed by atoms with E-state index in [1.807, 2.05) is 24.3 Å². The largest absolute Gasteiger partial charge is 0.481 e. The van der Waals surface area contributed by atoms with Gasteiger partial charge in [-0.25, -0.2) is 4.39 Å². The summed E-state index contributed by atoms with van der Waals surface area (Å²) in [5.41, 5.74) is 6.00. The van der Waals surface area contributed by atoms with Gasteiger partial charge in [-0.2, -0.15) is 0 Å². The fourth-order valence-electron chi connectivity index (χ4n) is 2.18. The Hall–Kier alpha value is -2.89. The summed E-state index contributed by atoms with van der Waals surface area (Å²) in [6.07, 6.45) is -0.802. The highest BCUT2D eigenvalue weighted by Crippen LogP contribution is 2.24. The molecule has 0 aliphatic heterocycles. The molecule has 2 amide bonds. The van der Waals surface area contributed by atoms with Crippen molar-refractivity contribution >= 4 is 11.8 Å². The smallest absolute Gasteiger partial charge is 0.279 e. The normalized spacial score (nSPS) is 12.2. The number of benzene rings is 2. The van der Waals surface area contributed by atoms with Gasteiger partial charge < -0.3 is 4.74 Å². The van der Waals surface area contributed by atoms with Crippen LogP contribution in [0, 0.1) is 5.82 Å². The van der Waals surface area contributed by atoms with Gasteiger partial charge >= 0.3 is 0 Å². The highest BCUT2D eigenvalue weighted by Gasteiger charge is 2.17. The minimum Gasteiger partial charge on any atom is -0.481 e. The van der Waals surface area contributed by atoms with E-state index in [1.54, 1.807) is 6.92 Å². The molecule has 2 N–H and O–H groups in total. The standard InChI is InChI=1S/C20H23FN2O3/c1-13(26-17-11-7-15(8-12-17)20(2,3)4)18(24)22-23-19(25)14-5-9-16(21)10-6-14/h5-13H,1-4H3,(H,22,24)(H,23,25)/t13-/m0/s1. The Labute approximate surface area is 152 Å². The molecule has 6 heteroatoms. The first-order valence-electron chi connectivity index (χ1n) is 8.30. The van der Waals surface area contributed by atoms with Crippen LogP contribution in [0.5, 0.6) is 5.75 Å².